The first-order chi connectivity index (χ1) is 8.08. The number of nitro groups is 1. The minimum atomic E-state index is -1.09. The summed E-state index contributed by atoms with van der Waals surface area (Å²) in [4.78, 5) is 27.1. The van der Waals surface area contributed by atoms with E-state index in [9.17, 15) is 14.9 Å². The minimum absolute atomic E-state index is 0.137. The van der Waals surface area contributed by atoms with Gasteiger partial charge >= 0.3 is 5.97 Å². The molecule has 0 aromatic carbocycles. The number of nitrogens with zero attached hydrogens (tertiary/aromatic N) is 2. The minimum Gasteiger partial charge on any atom is -0.478 e. The molecule has 2 aromatic rings. The lowest BCUT2D eigenvalue weighted by Gasteiger charge is -1.92. The van der Waals surface area contributed by atoms with Gasteiger partial charge in [-0.15, -0.1) is 0 Å². The molecule has 2 N–H and O–H groups in total. The van der Waals surface area contributed by atoms with Crippen molar-refractivity contribution in [2.45, 2.75) is 0 Å². The van der Waals surface area contributed by atoms with Crippen LogP contribution in [0.1, 0.15) is 5.56 Å². The highest BCUT2D eigenvalue weighted by molar-refractivity contribution is 5.92. The van der Waals surface area contributed by atoms with Gasteiger partial charge in [0.15, 0.2) is 0 Å². The van der Waals surface area contributed by atoms with E-state index >= 15 is 0 Å². The Kier molecular flexibility index (Phi) is 2.57. The zero-order valence-electron chi connectivity index (χ0n) is 8.45. The lowest BCUT2D eigenvalue weighted by Crippen LogP contribution is -1.89. The Morgan fingerprint density at radius 2 is 2.35 bits per heavy atom. The zero-order valence-corrected chi connectivity index (χ0v) is 8.45. The van der Waals surface area contributed by atoms with Gasteiger partial charge in [0.2, 0.25) is 0 Å². The highest BCUT2D eigenvalue weighted by Crippen LogP contribution is 2.22. The van der Waals surface area contributed by atoms with E-state index < -0.39 is 10.9 Å². The molecule has 7 heteroatoms. The van der Waals surface area contributed by atoms with E-state index in [1.807, 2.05) is 0 Å². The number of H-pyrrole nitrogens is 1. The van der Waals surface area contributed by atoms with Crippen LogP contribution in [-0.2, 0) is 4.79 Å². The summed E-state index contributed by atoms with van der Waals surface area (Å²) in [6, 6.07) is 1.35. The van der Waals surface area contributed by atoms with Crippen LogP contribution in [0.25, 0.3) is 17.1 Å². The van der Waals surface area contributed by atoms with Crippen molar-refractivity contribution in [1.82, 2.24) is 9.97 Å². The monoisotopic (exact) mass is 233 g/mol. The van der Waals surface area contributed by atoms with Crippen LogP contribution in [0.5, 0.6) is 0 Å². The number of aromatic amines is 1. The van der Waals surface area contributed by atoms with E-state index in [4.69, 9.17) is 5.11 Å². The van der Waals surface area contributed by atoms with Crippen LogP contribution in [0.2, 0.25) is 0 Å². The van der Waals surface area contributed by atoms with E-state index in [1.54, 1.807) is 6.20 Å². The normalized spacial score (nSPS) is 11.1. The van der Waals surface area contributed by atoms with Gasteiger partial charge in [0.25, 0.3) is 5.69 Å². The average molecular weight is 233 g/mol. The summed E-state index contributed by atoms with van der Waals surface area (Å²) in [6.45, 7) is 0. The van der Waals surface area contributed by atoms with Gasteiger partial charge in [-0.2, -0.15) is 0 Å². The maximum atomic E-state index is 10.6. The number of nitrogens with one attached hydrogen (secondary N) is 1. The van der Waals surface area contributed by atoms with Crippen molar-refractivity contribution in [3.05, 3.63) is 40.2 Å². The topological polar surface area (TPSA) is 109 Å². The largest absolute Gasteiger partial charge is 0.478 e. The Hall–Kier alpha value is -2.70. The first-order valence-corrected chi connectivity index (χ1v) is 4.60. The number of hydrogen-bond acceptors (Lipinski definition) is 4. The molecule has 0 aliphatic rings. The Balaban J connectivity index is 2.54. The molecule has 0 fully saturated rings. The molecule has 0 spiro atoms. The molecule has 0 aliphatic carbocycles. The SMILES string of the molecule is O=C(O)C=Cc1c[nH]c2ncc([N+](=O)[O-])cc12. The first-order valence-electron chi connectivity index (χ1n) is 4.60. The Labute approximate surface area is 94.6 Å². The Bertz CT molecular complexity index is 630. The quantitative estimate of drug-likeness (QED) is 0.475. The summed E-state index contributed by atoms with van der Waals surface area (Å²) in [5.74, 6) is -1.09. The van der Waals surface area contributed by atoms with E-state index in [-0.39, 0.29) is 5.69 Å². The summed E-state index contributed by atoms with van der Waals surface area (Å²) in [7, 11) is 0. The smallest absolute Gasteiger partial charge is 0.328 e. The summed E-state index contributed by atoms with van der Waals surface area (Å²) < 4.78 is 0. The number of carboxylic acids is 1. The molecule has 2 rings (SSSR count). The number of fused-ring (bicyclic) bond motifs is 1. The van der Waals surface area contributed by atoms with Gasteiger partial charge in [-0.1, -0.05) is 0 Å². The van der Waals surface area contributed by atoms with Crippen molar-refractivity contribution in [2.24, 2.45) is 0 Å². The molecule has 0 radical (unpaired) electrons. The van der Waals surface area contributed by atoms with Crippen molar-refractivity contribution in [2.75, 3.05) is 0 Å². The van der Waals surface area contributed by atoms with Crippen molar-refractivity contribution < 1.29 is 14.8 Å². The second-order valence-electron chi connectivity index (χ2n) is 3.26. The zero-order chi connectivity index (χ0) is 12.4. The molecule has 0 amide bonds. The van der Waals surface area contributed by atoms with E-state index in [0.717, 1.165) is 12.3 Å². The van der Waals surface area contributed by atoms with Crippen molar-refractivity contribution >= 4 is 28.8 Å². The molecule has 2 heterocycles. The maximum Gasteiger partial charge on any atom is 0.328 e. The van der Waals surface area contributed by atoms with Crippen LogP contribution in [0, 0.1) is 10.1 Å². The fourth-order valence-corrected chi connectivity index (χ4v) is 1.41. The number of hydrogen-bond donors (Lipinski definition) is 2. The summed E-state index contributed by atoms with van der Waals surface area (Å²) in [6.07, 6.45) is 5.00. The van der Waals surface area contributed by atoms with Gasteiger partial charge in [0.1, 0.15) is 11.8 Å². The average Bonchev–Trinajstić information content (AvgIpc) is 2.68. The number of aliphatic carboxylic acids is 1. The van der Waals surface area contributed by atoms with Crippen LogP contribution >= 0.6 is 0 Å². The van der Waals surface area contributed by atoms with Gasteiger partial charge in [-0.05, 0) is 6.08 Å². The second kappa shape index (κ2) is 4.05. The fraction of sp³-hybridized carbons (Fsp3) is 0. The summed E-state index contributed by atoms with van der Waals surface area (Å²) in [5.41, 5.74) is 0.876. The van der Waals surface area contributed by atoms with Crippen LogP contribution < -0.4 is 0 Å². The van der Waals surface area contributed by atoms with Gasteiger partial charge in [-0.25, -0.2) is 9.78 Å². The third-order valence-electron chi connectivity index (χ3n) is 2.16. The van der Waals surface area contributed by atoms with E-state index in [0.29, 0.717) is 16.6 Å². The number of pyridine rings is 1. The second-order valence-corrected chi connectivity index (χ2v) is 3.26. The van der Waals surface area contributed by atoms with E-state index in [1.165, 1.54) is 12.1 Å². The Morgan fingerprint density at radius 1 is 1.59 bits per heavy atom. The molecule has 86 valence electrons. The third-order valence-corrected chi connectivity index (χ3v) is 2.16. The molecule has 0 saturated carbocycles. The van der Waals surface area contributed by atoms with E-state index in [2.05, 4.69) is 9.97 Å². The van der Waals surface area contributed by atoms with Crippen molar-refractivity contribution in [3.63, 3.8) is 0 Å². The highest BCUT2D eigenvalue weighted by Gasteiger charge is 2.10. The van der Waals surface area contributed by atoms with Gasteiger partial charge < -0.3 is 10.1 Å². The molecule has 7 nitrogen and oxygen atoms in total. The molecule has 0 unspecified atom stereocenters. The Morgan fingerprint density at radius 3 is 3.00 bits per heavy atom. The van der Waals surface area contributed by atoms with Crippen molar-refractivity contribution in [1.29, 1.82) is 0 Å². The lowest BCUT2D eigenvalue weighted by molar-refractivity contribution is -0.385. The maximum absolute atomic E-state index is 10.6. The molecule has 2 aromatic heterocycles. The number of aromatic nitrogens is 2. The van der Waals surface area contributed by atoms with Crippen LogP contribution in [-0.4, -0.2) is 26.0 Å². The van der Waals surface area contributed by atoms with Gasteiger partial charge in [-0.3, -0.25) is 10.1 Å². The summed E-state index contributed by atoms with van der Waals surface area (Å²) in [5, 5.41) is 19.6. The molecule has 0 atom stereocenters. The molecule has 0 saturated heterocycles. The molecule has 0 aliphatic heterocycles. The van der Waals surface area contributed by atoms with Crippen molar-refractivity contribution in [3.8, 4) is 0 Å². The van der Waals surface area contributed by atoms with Gasteiger partial charge in [0, 0.05) is 29.3 Å². The molecular formula is C10H7N3O4. The number of rotatable bonds is 3. The van der Waals surface area contributed by atoms with Crippen LogP contribution in [0.4, 0.5) is 5.69 Å². The molecule has 0 bridgehead atoms. The predicted molar refractivity (Wildman–Crippen MR) is 59.4 cm³/mol. The van der Waals surface area contributed by atoms with Crippen LogP contribution in [0.3, 0.4) is 0 Å². The standard InChI is InChI=1S/C10H7N3O4/c14-9(15)2-1-6-4-11-10-8(6)3-7(5-12-10)13(16)17/h1-5H,(H,11,12)(H,14,15). The number of carbonyl (C=O) groups is 1. The number of carboxylic acid groups (broad SMARTS) is 1. The summed E-state index contributed by atoms with van der Waals surface area (Å²) >= 11 is 0. The first kappa shape index (κ1) is 10.8. The molecule has 17 heavy (non-hydrogen) atoms. The lowest BCUT2D eigenvalue weighted by atomic mass is 10.2. The predicted octanol–water partition coefficient (Wildman–Crippen LogP) is 1.57. The highest BCUT2D eigenvalue weighted by atomic mass is 16.6. The molecular weight excluding hydrogens is 226 g/mol. The van der Waals surface area contributed by atoms with Crippen LogP contribution in [0.15, 0.2) is 24.5 Å². The van der Waals surface area contributed by atoms with Gasteiger partial charge in [0.05, 0.1) is 4.92 Å². The fourth-order valence-electron chi connectivity index (χ4n) is 1.41. The third kappa shape index (κ3) is 2.12.